The number of amides is 1. The first-order valence-corrected chi connectivity index (χ1v) is 12.8. The molecule has 3 nitrogen and oxygen atoms in total. The van der Waals surface area contributed by atoms with Crippen molar-refractivity contribution in [2.24, 2.45) is 11.8 Å². The molecule has 2 aliphatic rings. The molecule has 178 valence electrons. The lowest BCUT2D eigenvalue weighted by atomic mass is 9.85. The summed E-state index contributed by atoms with van der Waals surface area (Å²) in [7, 11) is 0. The number of likely N-dealkylation sites (tertiary alicyclic amines) is 1. The molecule has 2 fully saturated rings. The largest absolute Gasteiger partial charge is 0.335 e. The maximum absolute atomic E-state index is 13.7. The first-order chi connectivity index (χ1) is 15.9. The van der Waals surface area contributed by atoms with Gasteiger partial charge in [-0.1, -0.05) is 57.4 Å². The summed E-state index contributed by atoms with van der Waals surface area (Å²) in [5.41, 5.74) is 3.37. The first kappa shape index (κ1) is 23.9. The van der Waals surface area contributed by atoms with Crippen molar-refractivity contribution in [1.29, 1.82) is 0 Å². The third kappa shape index (κ3) is 5.84. The van der Waals surface area contributed by atoms with Crippen molar-refractivity contribution in [3.05, 3.63) is 71.0 Å². The molecule has 4 rings (SSSR count). The number of hydrogen-bond donors (Lipinski definition) is 0. The van der Waals surface area contributed by atoms with Crippen LogP contribution < -0.4 is 0 Å². The van der Waals surface area contributed by atoms with Crippen molar-refractivity contribution in [3.8, 4) is 0 Å². The van der Waals surface area contributed by atoms with Gasteiger partial charge in [-0.05, 0) is 67.0 Å². The molecule has 1 aliphatic carbocycles. The van der Waals surface area contributed by atoms with Crippen LogP contribution in [0.2, 0.25) is 0 Å². The van der Waals surface area contributed by atoms with Crippen LogP contribution in [0.25, 0.3) is 0 Å². The quantitative estimate of drug-likeness (QED) is 0.496. The van der Waals surface area contributed by atoms with Gasteiger partial charge in [-0.2, -0.15) is 0 Å². The van der Waals surface area contributed by atoms with E-state index >= 15 is 0 Å². The van der Waals surface area contributed by atoms with Gasteiger partial charge in [-0.25, -0.2) is 4.39 Å². The molecule has 2 aromatic carbocycles. The molecular formula is C29H39FN2O. The Morgan fingerprint density at radius 1 is 1.03 bits per heavy atom. The fourth-order valence-electron chi connectivity index (χ4n) is 5.97. The van der Waals surface area contributed by atoms with Crippen LogP contribution in [0.5, 0.6) is 0 Å². The second kappa shape index (κ2) is 10.8. The number of hydrogen-bond acceptors (Lipinski definition) is 2. The number of carbonyl (C=O) groups is 1. The smallest absolute Gasteiger partial charge is 0.254 e. The monoisotopic (exact) mass is 450 g/mol. The highest BCUT2D eigenvalue weighted by Crippen LogP contribution is 2.37. The van der Waals surface area contributed by atoms with Crippen molar-refractivity contribution in [1.82, 2.24) is 9.80 Å². The van der Waals surface area contributed by atoms with E-state index in [1.165, 1.54) is 42.5 Å². The Kier molecular flexibility index (Phi) is 7.85. The van der Waals surface area contributed by atoms with Crippen molar-refractivity contribution >= 4 is 5.91 Å². The van der Waals surface area contributed by atoms with Gasteiger partial charge in [-0.3, -0.25) is 4.79 Å². The molecule has 1 amide bonds. The summed E-state index contributed by atoms with van der Waals surface area (Å²) in [5.74, 6) is 1.22. The van der Waals surface area contributed by atoms with Gasteiger partial charge in [0.2, 0.25) is 0 Å². The zero-order chi connectivity index (χ0) is 23.4. The molecule has 1 saturated heterocycles. The molecule has 1 saturated carbocycles. The van der Waals surface area contributed by atoms with Gasteiger partial charge in [0.25, 0.3) is 5.91 Å². The molecule has 2 aromatic rings. The summed E-state index contributed by atoms with van der Waals surface area (Å²) in [5, 5.41) is 0. The van der Waals surface area contributed by atoms with Gasteiger partial charge in [0.05, 0.1) is 0 Å². The minimum absolute atomic E-state index is 0.0627. The predicted molar refractivity (Wildman–Crippen MR) is 133 cm³/mol. The summed E-state index contributed by atoms with van der Waals surface area (Å²) >= 11 is 0. The van der Waals surface area contributed by atoms with Crippen molar-refractivity contribution < 1.29 is 9.18 Å². The van der Waals surface area contributed by atoms with Crippen molar-refractivity contribution in [2.75, 3.05) is 26.2 Å². The standard InChI is InChI=1S/C29H39FN2O/c1-21(2)17-31-18-24(28(20-31)27-12-8-7-9-22(27)3)19-32(26-10-5-4-6-11-26)29(33)23-13-15-25(30)16-14-23/h7-9,12-16,21,24,26,28H,4-6,10-11,17-20H2,1-3H3/t24-,28-/m0/s1. The third-order valence-corrected chi connectivity index (χ3v) is 7.53. The summed E-state index contributed by atoms with van der Waals surface area (Å²) < 4.78 is 13.5. The van der Waals surface area contributed by atoms with Crippen molar-refractivity contribution in [2.45, 2.75) is 64.8 Å². The van der Waals surface area contributed by atoms with Gasteiger partial charge < -0.3 is 9.80 Å². The van der Waals surface area contributed by atoms with E-state index in [1.54, 1.807) is 12.1 Å². The average Bonchev–Trinajstić information content (AvgIpc) is 3.19. The summed E-state index contributed by atoms with van der Waals surface area (Å²) in [6.45, 7) is 10.7. The number of halogens is 1. The van der Waals surface area contributed by atoms with Gasteiger partial charge in [0.15, 0.2) is 0 Å². The number of carbonyl (C=O) groups excluding carboxylic acids is 1. The number of rotatable bonds is 7. The van der Waals surface area contributed by atoms with Gasteiger partial charge in [0.1, 0.15) is 5.82 Å². The Morgan fingerprint density at radius 2 is 1.73 bits per heavy atom. The number of nitrogens with zero attached hydrogens (tertiary/aromatic N) is 2. The summed E-state index contributed by atoms with van der Waals surface area (Å²) in [4.78, 5) is 18.4. The maximum Gasteiger partial charge on any atom is 0.254 e. The Hall–Kier alpha value is -2.20. The van der Waals surface area contributed by atoms with E-state index in [2.05, 4.69) is 54.8 Å². The van der Waals surface area contributed by atoms with Crippen LogP contribution in [-0.2, 0) is 0 Å². The molecule has 0 radical (unpaired) electrons. The van der Waals surface area contributed by atoms with Crippen LogP contribution in [0, 0.1) is 24.6 Å². The van der Waals surface area contributed by atoms with E-state index in [9.17, 15) is 9.18 Å². The zero-order valence-electron chi connectivity index (χ0n) is 20.5. The lowest BCUT2D eigenvalue weighted by molar-refractivity contribution is 0.0587. The Balaban J connectivity index is 1.62. The molecule has 1 heterocycles. The molecule has 0 unspecified atom stereocenters. The molecule has 0 bridgehead atoms. The summed E-state index contributed by atoms with van der Waals surface area (Å²) in [6.07, 6.45) is 5.77. The topological polar surface area (TPSA) is 23.6 Å². The third-order valence-electron chi connectivity index (χ3n) is 7.53. The highest BCUT2D eigenvalue weighted by molar-refractivity contribution is 5.94. The number of aryl methyl sites for hydroxylation is 1. The molecule has 0 aromatic heterocycles. The molecule has 0 spiro atoms. The highest BCUT2D eigenvalue weighted by Gasteiger charge is 2.38. The lowest BCUT2D eigenvalue weighted by Crippen LogP contribution is -2.45. The van der Waals surface area contributed by atoms with Gasteiger partial charge >= 0.3 is 0 Å². The van der Waals surface area contributed by atoms with Crippen LogP contribution in [0.4, 0.5) is 4.39 Å². The molecular weight excluding hydrogens is 411 g/mol. The van der Waals surface area contributed by atoms with Crippen molar-refractivity contribution in [3.63, 3.8) is 0 Å². The Bertz CT molecular complexity index is 919. The van der Waals surface area contributed by atoms with Crippen LogP contribution >= 0.6 is 0 Å². The molecule has 2 atom stereocenters. The Labute approximate surface area is 199 Å². The average molecular weight is 451 g/mol. The normalized spacial score (nSPS) is 22.1. The second-order valence-corrected chi connectivity index (χ2v) is 10.6. The van der Waals surface area contributed by atoms with Crippen LogP contribution in [0.15, 0.2) is 48.5 Å². The fourth-order valence-corrected chi connectivity index (χ4v) is 5.97. The van der Waals surface area contributed by atoms with E-state index < -0.39 is 0 Å². The highest BCUT2D eigenvalue weighted by atomic mass is 19.1. The maximum atomic E-state index is 13.7. The zero-order valence-corrected chi connectivity index (χ0v) is 20.5. The van der Waals surface area contributed by atoms with E-state index in [4.69, 9.17) is 0 Å². The van der Waals surface area contributed by atoms with E-state index in [1.807, 2.05) is 0 Å². The lowest BCUT2D eigenvalue weighted by Gasteiger charge is -2.37. The second-order valence-electron chi connectivity index (χ2n) is 10.6. The first-order valence-electron chi connectivity index (χ1n) is 12.8. The summed E-state index contributed by atoms with van der Waals surface area (Å²) in [6, 6.07) is 15.1. The predicted octanol–water partition coefficient (Wildman–Crippen LogP) is 6.28. The van der Waals surface area contributed by atoms with E-state index in [0.29, 0.717) is 23.3 Å². The molecule has 33 heavy (non-hydrogen) atoms. The SMILES string of the molecule is Cc1ccccc1[C@H]1CN(CC(C)C)C[C@H]1CN(C(=O)c1ccc(F)cc1)C1CCCCC1. The van der Waals surface area contributed by atoms with Gasteiger partial charge in [-0.15, -0.1) is 0 Å². The molecule has 4 heteroatoms. The fraction of sp³-hybridized carbons (Fsp3) is 0.552. The molecule has 1 aliphatic heterocycles. The Morgan fingerprint density at radius 3 is 2.39 bits per heavy atom. The van der Waals surface area contributed by atoms with Crippen LogP contribution in [0.3, 0.4) is 0 Å². The van der Waals surface area contributed by atoms with Crippen LogP contribution in [-0.4, -0.2) is 47.9 Å². The van der Waals surface area contributed by atoms with Gasteiger partial charge in [0, 0.05) is 43.7 Å². The van der Waals surface area contributed by atoms with Crippen LogP contribution in [0.1, 0.15) is 73.4 Å². The minimum Gasteiger partial charge on any atom is -0.335 e. The van der Waals surface area contributed by atoms with E-state index in [0.717, 1.165) is 39.0 Å². The minimum atomic E-state index is -0.296. The van der Waals surface area contributed by atoms with E-state index in [-0.39, 0.29) is 17.8 Å². The number of benzene rings is 2. The molecule has 0 N–H and O–H groups in total.